The van der Waals surface area contributed by atoms with E-state index in [0.717, 1.165) is 4.68 Å². The van der Waals surface area contributed by atoms with Crippen LogP contribution < -0.4 is 5.56 Å². The molecule has 18 heavy (non-hydrogen) atoms. The Bertz CT molecular complexity index is 685. The maximum Gasteiger partial charge on any atom is 0.328 e. The molecule has 0 aliphatic carbocycles. The number of ether oxygens (including phenoxy) is 1. The highest BCUT2D eigenvalue weighted by Gasteiger charge is 2.09. The van der Waals surface area contributed by atoms with Crippen LogP contribution in [0, 0.1) is 12.3 Å². The molecule has 1 aromatic carbocycles. The van der Waals surface area contributed by atoms with Crippen molar-refractivity contribution in [3.05, 3.63) is 34.6 Å². The highest BCUT2D eigenvalue weighted by atomic mass is 16.5. The molecule has 0 saturated carbocycles. The maximum atomic E-state index is 12.0. The number of carbonyl (C=O) groups is 1. The molecule has 1 heterocycles. The predicted molar refractivity (Wildman–Crippen MR) is 63.6 cm³/mol. The van der Waals surface area contributed by atoms with Gasteiger partial charge in [0.05, 0.1) is 5.39 Å². The second-order valence-corrected chi connectivity index (χ2v) is 3.43. The van der Waals surface area contributed by atoms with Crippen molar-refractivity contribution in [2.75, 3.05) is 6.61 Å². The number of carbonyl (C=O) groups excluding carboxylic acids is 1. The third kappa shape index (κ3) is 2.35. The highest BCUT2D eigenvalue weighted by Crippen LogP contribution is 2.03. The van der Waals surface area contributed by atoms with E-state index in [1.54, 1.807) is 24.3 Å². The van der Waals surface area contributed by atoms with Crippen molar-refractivity contribution in [2.45, 2.75) is 6.54 Å². The van der Waals surface area contributed by atoms with Crippen LogP contribution in [0.25, 0.3) is 10.9 Å². The number of aromatic nitrogens is 3. The summed E-state index contributed by atoms with van der Waals surface area (Å²) in [4.78, 5) is 23.3. The summed E-state index contributed by atoms with van der Waals surface area (Å²) in [5.41, 5.74) is 0.0917. The third-order valence-electron chi connectivity index (χ3n) is 2.22. The van der Waals surface area contributed by atoms with Gasteiger partial charge in [0.2, 0.25) is 0 Å². The smallest absolute Gasteiger partial charge is 0.328 e. The van der Waals surface area contributed by atoms with Crippen molar-refractivity contribution in [1.29, 1.82) is 0 Å². The molecule has 0 fully saturated rings. The minimum atomic E-state index is -0.625. The number of benzene rings is 1. The first-order valence-electron chi connectivity index (χ1n) is 5.14. The molecule has 6 heteroatoms. The molecule has 0 saturated heterocycles. The van der Waals surface area contributed by atoms with Gasteiger partial charge in [-0.25, -0.2) is 0 Å². The Kier molecular flexibility index (Phi) is 3.34. The summed E-state index contributed by atoms with van der Waals surface area (Å²) < 4.78 is 5.61. The van der Waals surface area contributed by atoms with Crippen molar-refractivity contribution >= 4 is 16.9 Å². The molecular formula is C12H9N3O3. The van der Waals surface area contributed by atoms with Crippen molar-refractivity contribution in [3.63, 3.8) is 0 Å². The number of esters is 1. The minimum absolute atomic E-state index is 0.130. The molecular weight excluding hydrogens is 234 g/mol. The minimum Gasteiger partial charge on any atom is -0.451 e. The van der Waals surface area contributed by atoms with E-state index in [2.05, 4.69) is 21.0 Å². The zero-order valence-electron chi connectivity index (χ0n) is 9.37. The first-order valence-corrected chi connectivity index (χ1v) is 5.14. The SMILES string of the molecule is C#CCOC(=O)Cn1nnc2ccccc2c1=O. The van der Waals surface area contributed by atoms with Crippen molar-refractivity contribution in [1.82, 2.24) is 15.0 Å². The highest BCUT2D eigenvalue weighted by molar-refractivity contribution is 5.77. The lowest BCUT2D eigenvalue weighted by atomic mass is 10.2. The molecule has 0 N–H and O–H groups in total. The molecule has 1 aromatic heterocycles. The molecule has 90 valence electrons. The molecule has 0 spiro atoms. The van der Waals surface area contributed by atoms with Crippen LogP contribution >= 0.6 is 0 Å². The van der Waals surface area contributed by atoms with Crippen LogP contribution in [-0.4, -0.2) is 27.6 Å². The van der Waals surface area contributed by atoms with Gasteiger partial charge in [-0.1, -0.05) is 23.3 Å². The van der Waals surface area contributed by atoms with Crippen LogP contribution in [-0.2, 0) is 16.1 Å². The van der Waals surface area contributed by atoms with Gasteiger partial charge in [0.15, 0.2) is 6.61 Å². The van der Waals surface area contributed by atoms with E-state index >= 15 is 0 Å². The molecule has 2 aromatic rings. The van der Waals surface area contributed by atoms with Crippen molar-refractivity contribution in [3.8, 4) is 12.3 Å². The zero-order chi connectivity index (χ0) is 13.0. The summed E-state index contributed by atoms with van der Waals surface area (Å²) in [5, 5.41) is 7.90. The molecule has 0 aliphatic heterocycles. The van der Waals surface area contributed by atoms with Gasteiger partial charge in [-0.2, -0.15) is 4.68 Å². The molecule has 0 atom stereocenters. The van der Waals surface area contributed by atoms with Gasteiger partial charge < -0.3 is 4.74 Å². The molecule has 6 nitrogen and oxygen atoms in total. The summed E-state index contributed by atoms with van der Waals surface area (Å²) in [6, 6.07) is 6.76. The van der Waals surface area contributed by atoms with Crippen LogP contribution in [0.3, 0.4) is 0 Å². The van der Waals surface area contributed by atoms with Gasteiger partial charge in [-0.05, 0) is 12.1 Å². The number of rotatable bonds is 3. The van der Waals surface area contributed by atoms with E-state index in [1.807, 2.05) is 0 Å². The summed E-state index contributed by atoms with van der Waals surface area (Å²) >= 11 is 0. The van der Waals surface area contributed by atoms with E-state index in [1.165, 1.54) is 0 Å². The molecule has 0 radical (unpaired) electrons. The molecule has 2 rings (SSSR count). The Morgan fingerprint density at radius 3 is 3.00 bits per heavy atom. The van der Waals surface area contributed by atoms with Crippen LogP contribution in [0.5, 0.6) is 0 Å². The molecule has 0 bridgehead atoms. The van der Waals surface area contributed by atoms with Crippen LogP contribution in [0.1, 0.15) is 0 Å². The molecule has 0 unspecified atom stereocenters. The van der Waals surface area contributed by atoms with Gasteiger partial charge in [0.1, 0.15) is 12.1 Å². The lowest BCUT2D eigenvalue weighted by Crippen LogP contribution is -2.28. The van der Waals surface area contributed by atoms with Crippen molar-refractivity contribution in [2.24, 2.45) is 0 Å². The number of hydrogen-bond acceptors (Lipinski definition) is 5. The number of hydrogen-bond donors (Lipinski definition) is 0. The normalized spacial score (nSPS) is 9.94. The fourth-order valence-electron chi connectivity index (χ4n) is 1.42. The fourth-order valence-corrected chi connectivity index (χ4v) is 1.42. The summed E-state index contributed by atoms with van der Waals surface area (Å²) in [6.07, 6.45) is 4.95. The van der Waals surface area contributed by atoms with E-state index in [4.69, 9.17) is 6.42 Å². The van der Waals surface area contributed by atoms with Gasteiger partial charge >= 0.3 is 5.97 Å². The van der Waals surface area contributed by atoms with E-state index in [0.29, 0.717) is 10.9 Å². The van der Waals surface area contributed by atoms with Gasteiger partial charge in [0, 0.05) is 0 Å². The lowest BCUT2D eigenvalue weighted by Gasteiger charge is -2.03. The standard InChI is InChI=1S/C12H9N3O3/c1-2-7-18-11(16)8-15-12(17)9-5-3-4-6-10(9)13-14-15/h1,3-6H,7-8H2. The van der Waals surface area contributed by atoms with E-state index in [9.17, 15) is 9.59 Å². The monoisotopic (exact) mass is 243 g/mol. The van der Waals surface area contributed by atoms with Crippen LogP contribution in [0.2, 0.25) is 0 Å². The summed E-state index contributed by atoms with van der Waals surface area (Å²) in [7, 11) is 0. The second kappa shape index (κ2) is 5.10. The Morgan fingerprint density at radius 1 is 1.44 bits per heavy atom. The Morgan fingerprint density at radius 2 is 2.22 bits per heavy atom. The Labute approximate surface area is 102 Å². The van der Waals surface area contributed by atoms with E-state index < -0.39 is 11.5 Å². The predicted octanol–water partition coefficient (Wildman–Crippen LogP) is -0.0321. The Hall–Kier alpha value is -2.68. The largest absolute Gasteiger partial charge is 0.451 e. The van der Waals surface area contributed by atoms with Gasteiger partial charge in [0.25, 0.3) is 5.56 Å². The van der Waals surface area contributed by atoms with Crippen molar-refractivity contribution < 1.29 is 9.53 Å². The quantitative estimate of drug-likeness (QED) is 0.559. The first kappa shape index (κ1) is 11.8. The van der Waals surface area contributed by atoms with Gasteiger partial charge in [-0.3, -0.25) is 9.59 Å². The maximum absolute atomic E-state index is 12.0. The number of terminal acetylenes is 1. The number of fused-ring (bicyclic) bond motifs is 1. The zero-order valence-corrected chi connectivity index (χ0v) is 9.37. The second-order valence-electron chi connectivity index (χ2n) is 3.43. The average molecular weight is 243 g/mol. The lowest BCUT2D eigenvalue weighted by molar-refractivity contribution is -0.143. The molecule has 0 aliphatic rings. The first-order chi connectivity index (χ1) is 8.72. The Balaban J connectivity index is 2.30. The summed E-state index contributed by atoms with van der Waals surface area (Å²) in [5.74, 6) is 1.54. The van der Waals surface area contributed by atoms with Crippen LogP contribution in [0.4, 0.5) is 0 Å². The topological polar surface area (TPSA) is 74.1 Å². The van der Waals surface area contributed by atoms with Crippen LogP contribution in [0.15, 0.2) is 29.1 Å². The number of nitrogens with zero attached hydrogens (tertiary/aromatic N) is 3. The van der Waals surface area contributed by atoms with Gasteiger partial charge in [-0.15, -0.1) is 11.5 Å². The average Bonchev–Trinajstić information content (AvgIpc) is 2.40. The fraction of sp³-hybridized carbons (Fsp3) is 0.167. The molecule has 0 amide bonds. The third-order valence-corrected chi connectivity index (χ3v) is 2.22. The summed E-state index contributed by atoms with van der Waals surface area (Å²) in [6.45, 7) is -0.438. The van der Waals surface area contributed by atoms with E-state index in [-0.39, 0.29) is 13.2 Å².